The predicted octanol–water partition coefficient (Wildman–Crippen LogP) is 1.99. The SMILES string of the molecule is CCOC(=O)CCNC(=O)CSc1nc2ccccc2o1. The summed E-state index contributed by atoms with van der Waals surface area (Å²) in [6.45, 7) is 2.36. The number of rotatable bonds is 7. The highest BCUT2D eigenvalue weighted by Gasteiger charge is 2.09. The first-order valence-electron chi connectivity index (χ1n) is 6.59. The van der Waals surface area contributed by atoms with Gasteiger partial charge in [-0.3, -0.25) is 9.59 Å². The number of benzene rings is 1. The number of carbonyl (C=O) groups is 2. The molecule has 112 valence electrons. The molecule has 0 unspecified atom stereocenters. The number of ether oxygens (including phenoxy) is 1. The summed E-state index contributed by atoms with van der Waals surface area (Å²) in [5.41, 5.74) is 1.46. The first kappa shape index (κ1) is 15.4. The lowest BCUT2D eigenvalue weighted by Crippen LogP contribution is -2.28. The van der Waals surface area contributed by atoms with Crippen LogP contribution in [-0.2, 0) is 14.3 Å². The van der Waals surface area contributed by atoms with Crippen molar-refractivity contribution in [3.8, 4) is 0 Å². The summed E-state index contributed by atoms with van der Waals surface area (Å²) in [6.07, 6.45) is 0.174. The molecule has 1 amide bonds. The Morgan fingerprint density at radius 3 is 2.95 bits per heavy atom. The number of nitrogens with one attached hydrogen (secondary N) is 1. The molecule has 7 heteroatoms. The Morgan fingerprint density at radius 1 is 1.38 bits per heavy atom. The van der Waals surface area contributed by atoms with Crippen LogP contribution in [0.5, 0.6) is 0 Å². The quantitative estimate of drug-likeness (QED) is 0.622. The lowest BCUT2D eigenvalue weighted by atomic mass is 10.3. The zero-order chi connectivity index (χ0) is 15.1. The van der Waals surface area contributed by atoms with Crippen molar-refractivity contribution in [1.29, 1.82) is 0 Å². The fraction of sp³-hybridized carbons (Fsp3) is 0.357. The van der Waals surface area contributed by atoms with E-state index in [9.17, 15) is 9.59 Å². The number of carbonyl (C=O) groups excluding carboxylic acids is 2. The lowest BCUT2D eigenvalue weighted by Gasteiger charge is -2.03. The van der Waals surface area contributed by atoms with Crippen LogP contribution >= 0.6 is 11.8 Å². The van der Waals surface area contributed by atoms with Crippen LogP contribution < -0.4 is 5.32 Å². The van der Waals surface area contributed by atoms with Gasteiger partial charge in [0.05, 0.1) is 18.8 Å². The van der Waals surface area contributed by atoms with Gasteiger partial charge in [-0.2, -0.15) is 0 Å². The molecule has 0 aliphatic rings. The summed E-state index contributed by atoms with van der Waals surface area (Å²) in [7, 11) is 0. The van der Waals surface area contributed by atoms with Crippen molar-refractivity contribution in [2.24, 2.45) is 0 Å². The third-order valence-electron chi connectivity index (χ3n) is 2.56. The summed E-state index contributed by atoms with van der Waals surface area (Å²) in [4.78, 5) is 27.0. The molecule has 2 rings (SSSR count). The molecule has 1 aromatic carbocycles. The first-order chi connectivity index (χ1) is 10.2. The predicted molar refractivity (Wildman–Crippen MR) is 79.0 cm³/mol. The summed E-state index contributed by atoms with van der Waals surface area (Å²) < 4.78 is 10.3. The maximum atomic E-state index is 11.6. The van der Waals surface area contributed by atoms with Crippen LogP contribution in [0.1, 0.15) is 13.3 Å². The lowest BCUT2D eigenvalue weighted by molar-refractivity contribution is -0.142. The number of thioether (sulfide) groups is 1. The fourth-order valence-corrected chi connectivity index (χ4v) is 2.30. The smallest absolute Gasteiger partial charge is 0.307 e. The van der Waals surface area contributed by atoms with E-state index in [2.05, 4.69) is 10.3 Å². The van der Waals surface area contributed by atoms with Crippen LogP contribution in [-0.4, -0.2) is 35.8 Å². The summed E-state index contributed by atoms with van der Waals surface area (Å²) in [5.74, 6) is -0.300. The zero-order valence-corrected chi connectivity index (χ0v) is 12.4. The minimum absolute atomic E-state index is 0.174. The minimum Gasteiger partial charge on any atom is -0.466 e. The molecule has 6 nitrogen and oxygen atoms in total. The second kappa shape index (κ2) is 7.68. The van der Waals surface area contributed by atoms with Gasteiger partial charge in [-0.1, -0.05) is 23.9 Å². The van der Waals surface area contributed by atoms with Gasteiger partial charge in [0.1, 0.15) is 5.52 Å². The molecule has 21 heavy (non-hydrogen) atoms. The van der Waals surface area contributed by atoms with E-state index in [4.69, 9.17) is 9.15 Å². The molecule has 0 aliphatic carbocycles. The molecule has 0 saturated heterocycles. The molecule has 0 saturated carbocycles. The van der Waals surface area contributed by atoms with Gasteiger partial charge < -0.3 is 14.5 Å². The maximum Gasteiger partial charge on any atom is 0.307 e. The molecule has 2 aromatic rings. The van der Waals surface area contributed by atoms with Gasteiger partial charge in [0.15, 0.2) is 5.58 Å². The number of oxazole rings is 1. The number of amides is 1. The molecule has 0 atom stereocenters. The average molecular weight is 308 g/mol. The second-order valence-electron chi connectivity index (χ2n) is 4.14. The number of esters is 1. The van der Waals surface area contributed by atoms with Gasteiger partial charge in [0, 0.05) is 6.54 Å². The van der Waals surface area contributed by atoms with Crippen molar-refractivity contribution in [3.63, 3.8) is 0 Å². The van der Waals surface area contributed by atoms with E-state index in [-0.39, 0.29) is 30.6 Å². The third kappa shape index (κ3) is 4.78. The van der Waals surface area contributed by atoms with Crippen molar-refractivity contribution >= 4 is 34.7 Å². The van der Waals surface area contributed by atoms with Gasteiger partial charge in [-0.15, -0.1) is 0 Å². The van der Waals surface area contributed by atoms with Gasteiger partial charge in [-0.25, -0.2) is 4.98 Å². The highest BCUT2D eigenvalue weighted by Crippen LogP contribution is 2.22. The van der Waals surface area contributed by atoms with Gasteiger partial charge >= 0.3 is 5.97 Å². The van der Waals surface area contributed by atoms with Crippen LogP contribution in [0.4, 0.5) is 0 Å². The number of fused-ring (bicyclic) bond motifs is 1. The molecule has 1 aromatic heterocycles. The Labute approximate surface area is 126 Å². The van der Waals surface area contributed by atoms with Crippen molar-refractivity contribution in [2.45, 2.75) is 18.6 Å². The van der Waals surface area contributed by atoms with Crippen LogP contribution in [0.3, 0.4) is 0 Å². The minimum atomic E-state index is -0.315. The molecule has 0 fully saturated rings. The Hall–Kier alpha value is -2.02. The van der Waals surface area contributed by atoms with E-state index in [1.54, 1.807) is 6.92 Å². The standard InChI is InChI=1S/C14H16N2O4S/c1-2-19-13(18)7-8-15-12(17)9-21-14-16-10-5-3-4-6-11(10)20-14/h3-6H,2,7-9H2,1H3,(H,15,17). The number of hydrogen-bond donors (Lipinski definition) is 1. The third-order valence-corrected chi connectivity index (χ3v) is 3.39. The highest BCUT2D eigenvalue weighted by atomic mass is 32.2. The number of hydrogen-bond acceptors (Lipinski definition) is 6. The largest absolute Gasteiger partial charge is 0.466 e. The zero-order valence-electron chi connectivity index (χ0n) is 11.6. The highest BCUT2D eigenvalue weighted by molar-refractivity contribution is 7.99. The Morgan fingerprint density at radius 2 is 2.19 bits per heavy atom. The van der Waals surface area contributed by atoms with Crippen molar-refractivity contribution < 1.29 is 18.7 Å². The van der Waals surface area contributed by atoms with E-state index >= 15 is 0 Å². The Balaban J connectivity index is 1.72. The topological polar surface area (TPSA) is 81.4 Å². The second-order valence-corrected chi connectivity index (χ2v) is 5.07. The molecule has 1 heterocycles. The van der Waals surface area contributed by atoms with E-state index in [0.29, 0.717) is 17.4 Å². The van der Waals surface area contributed by atoms with E-state index in [1.165, 1.54) is 11.8 Å². The first-order valence-corrected chi connectivity index (χ1v) is 7.58. The van der Waals surface area contributed by atoms with E-state index in [0.717, 1.165) is 5.52 Å². The van der Waals surface area contributed by atoms with Crippen LogP contribution in [0.15, 0.2) is 33.9 Å². The van der Waals surface area contributed by atoms with Gasteiger partial charge in [0.2, 0.25) is 5.91 Å². The number of para-hydroxylation sites is 2. The van der Waals surface area contributed by atoms with Crippen molar-refractivity contribution in [3.05, 3.63) is 24.3 Å². The van der Waals surface area contributed by atoms with Crippen LogP contribution in [0.2, 0.25) is 0 Å². The Kier molecular flexibility index (Phi) is 5.62. The van der Waals surface area contributed by atoms with Crippen molar-refractivity contribution in [2.75, 3.05) is 18.9 Å². The molecule has 0 radical (unpaired) electrons. The average Bonchev–Trinajstić information content (AvgIpc) is 2.88. The normalized spacial score (nSPS) is 10.5. The van der Waals surface area contributed by atoms with Crippen LogP contribution in [0.25, 0.3) is 11.1 Å². The number of nitrogens with zero attached hydrogens (tertiary/aromatic N) is 1. The molecule has 0 spiro atoms. The summed E-state index contributed by atoms with van der Waals surface area (Å²) in [5, 5.41) is 3.10. The Bertz CT molecular complexity index is 593. The molecule has 1 N–H and O–H groups in total. The fourth-order valence-electron chi connectivity index (χ4n) is 1.63. The monoisotopic (exact) mass is 308 g/mol. The maximum absolute atomic E-state index is 11.6. The molecule has 0 bridgehead atoms. The van der Waals surface area contributed by atoms with Crippen LogP contribution in [0, 0.1) is 0 Å². The number of aromatic nitrogens is 1. The summed E-state index contributed by atoms with van der Waals surface area (Å²) >= 11 is 1.22. The van der Waals surface area contributed by atoms with Gasteiger partial charge in [0.25, 0.3) is 5.22 Å². The van der Waals surface area contributed by atoms with E-state index in [1.807, 2.05) is 24.3 Å². The van der Waals surface area contributed by atoms with Gasteiger partial charge in [-0.05, 0) is 19.1 Å². The molecular weight excluding hydrogens is 292 g/mol. The summed E-state index contributed by atoms with van der Waals surface area (Å²) in [6, 6.07) is 7.42. The molecular formula is C14H16N2O4S. The van der Waals surface area contributed by atoms with E-state index < -0.39 is 0 Å². The molecule has 0 aliphatic heterocycles. The van der Waals surface area contributed by atoms with Crippen molar-refractivity contribution in [1.82, 2.24) is 10.3 Å².